The first-order valence-electron chi connectivity index (χ1n) is 12.8. The van der Waals surface area contributed by atoms with Crippen molar-refractivity contribution in [1.82, 2.24) is 0 Å². The number of hydrogen-bond acceptors (Lipinski definition) is 1. The van der Waals surface area contributed by atoms with E-state index in [4.69, 9.17) is 0 Å². The second-order valence-electron chi connectivity index (χ2n) is 9.64. The molecular weight excluding hydrogens is 526 g/mol. The molecule has 0 aromatic heterocycles. The van der Waals surface area contributed by atoms with Gasteiger partial charge in [0.05, 0.1) is 0 Å². The molecule has 7 rings (SSSR count). The van der Waals surface area contributed by atoms with Gasteiger partial charge in [-0.3, -0.25) is 0 Å². The number of anilines is 2. The third-order valence-corrected chi connectivity index (χ3v) is 7.84. The van der Waals surface area contributed by atoms with E-state index in [2.05, 4.69) is 149 Å². The molecule has 0 saturated carbocycles. The standard InChI is InChI=1S/C36H24BrN/c37-28-16-20-30(21-17-28)38-29-18-13-25(14-19-29)24-9-11-27(12-10-24)35-23-36-31-6-2-1-5-26(31)15-22-34(36)32-7-3-4-8-33(32)35/h1-23,38H. The van der Waals surface area contributed by atoms with Gasteiger partial charge in [-0.25, -0.2) is 0 Å². The van der Waals surface area contributed by atoms with Crippen molar-refractivity contribution >= 4 is 59.6 Å². The van der Waals surface area contributed by atoms with Crippen LogP contribution < -0.4 is 5.32 Å². The summed E-state index contributed by atoms with van der Waals surface area (Å²) in [5.74, 6) is 0. The van der Waals surface area contributed by atoms with E-state index in [9.17, 15) is 0 Å². The minimum atomic E-state index is 1.07. The SMILES string of the molecule is Brc1ccc(Nc2ccc(-c3ccc(-c4cc5c6ccccc6ccc5c5ccccc45)cc3)cc2)cc1. The van der Waals surface area contributed by atoms with E-state index in [1.807, 2.05) is 12.1 Å². The maximum absolute atomic E-state index is 3.49. The maximum atomic E-state index is 3.49. The van der Waals surface area contributed by atoms with Crippen LogP contribution in [0.15, 0.2) is 144 Å². The normalized spacial score (nSPS) is 11.3. The summed E-state index contributed by atoms with van der Waals surface area (Å²) >= 11 is 3.49. The Morgan fingerprint density at radius 1 is 0.395 bits per heavy atom. The smallest absolute Gasteiger partial charge is 0.0384 e. The number of nitrogens with one attached hydrogen (secondary N) is 1. The fourth-order valence-electron chi connectivity index (χ4n) is 5.39. The van der Waals surface area contributed by atoms with Crippen molar-refractivity contribution in [3.05, 3.63) is 144 Å². The molecule has 0 aliphatic carbocycles. The Hall–Kier alpha value is -4.40. The summed E-state index contributed by atoms with van der Waals surface area (Å²) in [6.07, 6.45) is 0. The molecule has 0 aliphatic heterocycles. The van der Waals surface area contributed by atoms with Crippen molar-refractivity contribution in [2.75, 3.05) is 5.32 Å². The van der Waals surface area contributed by atoms with Gasteiger partial charge in [0.25, 0.3) is 0 Å². The molecule has 38 heavy (non-hydrogen) atoms. The minimum absolute atomic E-state index is 1.07. The van der Waals surface area contributed by atoms with Crippen LogP contribution in [0.1, 0.15) is 0 Å². The molecule has 0 spiro atoms. The van der Waals surface area contributed by atoms with Crippen LogP contribution in [-0.2, 0) is 0 Å². The van der Waals surface area contributed by atoms with Crippen molar-refractivity contribution in [3.63, 3.8) is 0 Å². The summed E-state index contributed by atoms with van der Waals surface area (Å²) in [4.78, 5) is 0. The molecule has 0 atom stereocenters. The Morgan fingerprint density at radius 2 is 0.921 bits per heavy atom. The fourth-order valence-corrected chi connectivity index (χ4v) is 5.65. The molecule has 0 heterocycles. The summed E-state index contributed by atoms with van der Waals surface area (Å²) in [5, 5.41) is 11.2. The van der Waals surface area contributed by atoms with Crippen molar-refractivity contribution in [2.24, 2.45) is 0 Å². The highest BCUT2D eigenvalue weighted by atomic mass is 79.9. The average Bonchev–Trinajstić information content (AvgIpc) is 2.98. The molecular formula is C36H24BrN. The molecule has 0 amide bonds. The van der Waals surface area contributed by atoms with Gasteiger partial charge in [-0.05, 0) is 97.0 Å². The lowest BCUT2D eigenvalue weighted by Crippen LogP contribution is -1.90. The fraction of sp³-hybridized carbons (Fsp3) is 0. The van der Waals surface area contributed by atoms with E-state index < -0.39 is 0 Å². The number of fused-ring (bicyclic) bond motifs is 5. The first-order valence-corrected chi connectivity index (χ1v) is 13.6. The van der Waals surface area contributed by atoms with Gasteiger partial charge >= 0.3 is 0 Å². The summed E-state index contributed by atoms with van der Waals surface area (Å²) in [7, 11) is 0. The molecule has 0 unspecified atom stereocenters. The molecule has 0 fully saturated rings. The van der Waals surface area contributed by atoms with Crippen molar-refractivity contribution in [2.45, 2.75) is 0 Å². The Morgan fingerprint density at radius 3 is 1.63 bits per heavy atom. The van der Waals surface area contributed by atoms with Gasteiger partial charge in [0, 0.05) is 15.8 Å². The number of hydrogen-bond donors (Lipinski definition) is 1. The van der Waals surface area contributed by atoms with Crippen LogP contribution in [0.5, 0.6) is 0 Å². The van der Waals surface area contributed by atoms with Crippen LogP contribution in [0.2, 0.25) is 0 Å². The molecule has 1 N–H and O–H groups in total. The zero-order valence-corrected chi connectivity index (χ0v) is 22.2. The summed E-state index contributed by atoms with van der Waals surface area (Å²) < 4.78 is 1.08. The quantitative estimate of drug-likeness (QED) is 0.215. The molecule has 180 valence electrons. The van der Waals surface area contributed by atoms with E-state index in [0.29, 0.717) is 0 Å². The molecule has 7 aromatic rings. The zero-order valence-electron chi connectivity index (χ0n) is 20.7. The van der Waals surface area contributed by atoms with Gasteiger partial charge in [-0.2, -0.15) is 0 Å². The predicted molar refractivity (Wildman–Crippen MR) is 167 cm³/mol. The maximum Gasteiger partial charge on any atom is 0.0384 e. The van der Waals surface area contributed by atoms with Gasteiger partial charge < -0.3 is 5.32 Å². The van der Waals surface area contributed by atoms with Crippen molar-refractivity contribution in [1.29, 1.82) is 0 Å². The highest BCUT2D eigenvalue weighted by molar-refractivity contribution is 9.10. The van der Waals surface area contributed by atoms with Crippen LogP contribution >= 0.6 is 15.9 Å². The first-order chi connectivity index (χ1) is 18.7. The molecule has 7 aromatic carbocycles. The third kappa shape index (κ3) is 4.13. The van der Waals surface area contributed by atoms with E-state index >= 15 is 0 Å². The number of benzene rings is 7. The summed E-state index contributed by atoms with van der Waals surface area (Å²) in [6, 6.07) is 50.1. The molecule has 0 radical (unpaired) electrons. The Bertz CT molecular complexity index is 1920. The van der Waals surface area contributed by atoms with Gasteiger partial charge in [0.2, 0.25) is 0 Å². The van der Waals surface area contributed by atoms with Crippen molar-refractivity contribution in [3.8, 4) is 22.3 Å². The zero-order chi connectivity index (χ0) is 25.5. The Labute approximate surface area is 230 Å². The lowest BCUT2D eigenvalue weighted by Gasteiger charge is -2.13. The van der Waals surface area contributed by atoms with Crippen LogP contribution in [0.4, 0.5) is 11.4 Å². The lowest BCUT2D eigenvalue weighted by atomic mass is 9.90. The first kappa shape index (κ1) is 22.8. The average molecular weight is 550 g/mol. The Kier molecular flexibility index (Phi) is 5.68. The van der Waals surface area contributed by atoms with E-state index in [1.165, 1.54) is 54.6 Å². The van der Waals surface area contributed by atoms with Gasteiger partial charge in [0.15, 0.2) is 0 Å². The van der Waals surface area contributed by atoms with Crippen LogP contribution in [0.3, 0.4) is 0 Å². The largest absolute Gasteiger partial charge is 0.356 e. The highest BCUT2D eigenvalue weighted by Gasteiger charge is 2.11. The van der Waals surface area contributed by atoms with E-state index in [0.717, 1.165) is 15.8 Å². The molecule has 1 nitrogen and oxygen atoms in total. The van der Waals surface area contributed by atoms with Crippen LogP contribution in [0, 0.1) is 0 Å². The van der Waals surface area contributed by atoms with Crippen LogP contribution in [0.25, 0.3) is 54.6 Å². The van der Waals surface area contributed by atoms with Gasteiger partial charge in [0.1, 0.15) is 0 Å². The number of rotatable bonds is 4. The summed E-state index contributed by atoms with van der Waals surface area (Å²) in [6.45, 7) is 0. The predicted octanol–water partition coefficient (Wildman–Crippen LogP) is 11.0. The second-order valence-corrected chi connectivity index (χ2v) is 10.6. The highest BCUT2D eigenvalue weighted by Crippen LogP contribution is 2.38. The minimum Gasteiger partial charge on any atom is -0.356 e. The van der Waals surface area contributed by atoms with Gasteiger partial charge in [-0.15, -0.1) is 0 Å². The molecule has 0 aliphatic rings. The lowest BCUT2D eigenvalue weighted by molar-refractivity contribution is 1.53. The topological polar surface area (TPSA) is 12.0 Å². The summed E-state index contributed by atoms with van der Waals surface area (Å²) in [5.41, 5.74) is 7.05. The molecule has 0 bridgehead atoms. The van der Waals surface area contributed by atoms with E-state index in [-0.39, 0.29) is 0 Å². The molecule has 0 saturated heterocycles. The van der Waals surface area contributed by atoms with Crippen LogP contribution in [-0.4, -0.2) is 0 Å². The van der Waals surface area contributed by atoms with Gasteiger partial charge in [-0.1, -0.05) is 113 Å². The van der Waals surface area contributed by atoms with Crippen molar-refractivity contribution < 1.29 is 0 Å². The van der Waals surface area contributed by atoms with E-state index in [1.54, 1.807) is 0 Å². The third-order valence-electron chi connectivity index (χ3n) is 7.31. The monoisotopic (exact) mass is 549 g/mol. The Balaban J connectivity index is 1.25. The number of halogens is 1. The molecule has 2 heteroatoms. The second kappa shape index (κ2) is 9.48.